The summed E-state index contributed by atoms with van der Waals surface area (Å²) in [5.74, 6) is -0.133. The van der Waals surface area contributed by atoms with Crippen LogP contribution in [0.1, 0.15) is 58.4 Å². The molecule has 1 aromatic carbocycles. The number of hydrogen-bond donors (Lipinski definition) is 5. The van der Waals surface area contributed by atoms with E-state index in [9.17, 15) is 14.4 Å². The molecule has 2 aliphatic heterocycles. The Balaban J connectivity index is 0.000000901. The van der Waals surface area contributed by atoms with E-state index >= 15 is 0 Å². The molecule has 5 N–H and O–H groups in total. The van der Waals surface area contributed by atoms with Gasteiger partial charge in [0.1, 0.15) is 17.9 Å². The third-order valence-electron chi connectivity index (χ3n) is 7.22. The molecule has 2 saturated heterocycles. The highest BCUT2D eigenvalue weighted by atomic mass is 35.5. The third-order valence-corrected chi connectivity index (χ3v) is 7.53. The van der Waals surface area contributed by atoms with Crippen LogP contribution >= 0.6 is 11.6 Å². The van der Waals surface area contributed by atoms with Gasteiger partial charge in [0, 0.05) is 39.5 Å². The van der Waals surface area contributed by atoms with Gasteiger partial charge < -0.3 is 40.4 Å². The predicted molar refractivity (Wildman–Crippen MR) is 167 cm³/mol. The second-order valence-electron chi connectivity index (χ2n) is 10.6. The van der Waals surface area contributed by atoms with Gasteiger partial charge >= 0.3 is 12.1 Å². The lowest BCUT2D eigenvalue weighted by Crippen LogP contribution is -2.45. The minimum Gasteiger partial charge on any atom is -0.495 e. The van der Waals surface area contributed by atoms with Crippen molar-refractivity contribution in [1.29, 1.82) is 0 Å². The fourth-order valence-electron chi connectivity index (χ4n) is 4.40. The van der Waals surface area contributed by atoms with E-state index in [1.165, 1.54) is 5.57 Å². The van der Waals surface area contributed by atoms with Crippen molar-refractivity contribution < 1.29 is 38.8 Å². The Hall–Kier alpha value is -3.12. The molecule has 0 saturated carbocycles. The van der Waals surface area contributed by atoms with Crippen molar-refractivity contribution in [3.05, 3.63) is 52.6 Å². The average Bonchev–Trinajstić information content (AvgIpc) is 3.63. The van der Waals surface area contributed by atoms with E-state index in [0.29, 0.717) is 30.0 Å². The summed E-state index contributed by atoms with van der Waals surface area (Å²) < 4.78 is 16.6. The summed E-state index contributed by atoms with van der Waals surface area (Å²) in [6.45, 7) is 5.68. The molecule has 242 valence electrons. The molecule has 5 atom stereocenters. The molecule has 2 fully saturated rings. The number of rotatable bonds is 13. The van der Waals surface area contributed by atoms with E-state index in [0.717, 1.165) is 31.9 Å². The number of allylic oxidation sites excluding steroid dienone is 3. The first-order valence-electron chi connectivity index (χ1n) is 14.3. The van der Waals surface area contributed by atoms with Gasteiger partial charge in [0.15, 0.2) is 0 Å². The van der Waals surface area contributed by atoms with E-state index in [1.807, 2.05) is 31.2 Å². The zero-order valence-electron chi connectivity index (χ0n) is 26.2. The van der Waals surface area contributed by atoms with Crippen LogP contribution in [0.15, 0.2) is 42.0 Å². The summed E-state index contributed by atoms with van der Waals surface area (Å²) >= 11 is 6.09. The van der Waals surface area contributed by atoms with Crippen molar-refractivity contribution in [3.63, 3.8) is 0 Å². The first-order valence-corrected chi connectivity index (χ1v) is 14.6. The number of carbonyl (C=O) groups is 3. The molecule has 5 unspecified atom stereocenters. The number of ether oxygens (including phenoxy) is 3. The highest BCUT2D eigenvalue weighted by molar-refractivity contribution is 6.32. The molecule has 0 aromatic heterocycles. The van der Waals surface area contributed by atoms with E-state index in [2.05, 4.69) is 35.0 Å². The fourth-order valence-corrected chi connectivity index (χ4v) is 4.60. The lowest BCUT2D eigenvalue weighted by Gasteiger charge is -2.29. The molecule has 0 spiro atoms. The topological polar surface area (TPSA) is 159 Å². The van der Waals surface area contributed by atoms with Crippen LogP contribution < -0.4 is 20.7 Å². The van der Waals surface area contributed by atoms with Crippen LogP contribution in [0.2, 0.25) is 5.02 Å². The van der Waals surface area contributed by atoms with Gasteiger partial charge in [0.05, 0.1) is 23.8 Å². The number of nitrogens with one attached hydrogen (secondary N) is 3. The summed E-state index contributed by atoms with van der Waals surface area (Å²) in [6, 6.07) is 5.39. The number of carboxylic acids is 1. The van der Waals surface area contributed by atoms with Crippen LogP contribution in [0, 0.1) is 0 Å². The first-order chi connectivity index (χ1) is 20.4. The maximum absolute atomic E-state index is 12.0. The number of amides is 2. The minimum atomic E-state index is -0.817. The number of epoxide rings is 1. The molecule has 2 amide bonds. The second kappa shape index (κ2) is 19.2. The number of methoxy groups -OCH3 is 1. The van der Waals surface area contributed by atoms with Gasteiger partial charge in [0.25, 0.3) is 0 Å². The zero-order valence-corrected chi connectivity index (χ0v) is 27.0. The molecule has 43 heavy (non-hydrogen) atoms. The standard InChI is InChI=1S/C26H35ClN2O5.C4H9NO2.CH4O/c1-17(13-18-9-10-21(27)22(14-18)32-4)7-5-6-8-19-15-20(33-25(31)29-19)16-23-26(2,34-23)12-11-24(30)28-3;1-3(5-2)4(6)7;1-2/h5-7,9-10,14,19-20,23H,8,11-13,15-16H2,1-4H3,(H,28,30)(H,29,31);3,5H,1-2H3,(H,6,7);2H,1H3/b6-5+,17-7+;;. The Morgan fingerprint density at radius 1 is 1.30 bits per heavy atom. The lowest BCUT2D eigenvalue weighted by atomic mass is 9.94. The summed E-state index contributed by atoms with van der Waals surface area (Å²) in [5.41, 5.74) is 2.03. The average molecular weight is 626 g/mol. The maximum atomic E-state index is 12.0. The zero-order chi connectivity index (χ0) is 32.6. The first kappa shape index (κ1) is 37.9. The van der Waals surface area contributed by atoms with E-state index in [1.54, 1.807) is 28.1 Å². The van der Waals surface area contributed by atoms with Crippen LogP contribution in [0.4, 0.5) is 4.79 Å². The monoisotopic (exact) mass is 625 g/mol. The van der Waals surface area contributed by atoms with Crippen molar-refractivity contribution in [1.82, 2.24) is 16.0 Å². The molecule has 11 nitrogen and oxygen atoms in total. The number of halogens is 1. The summed E-state index contributed by atoms with van der Waals surface area (Å²) in [6.07, 6.45) is 9.63. The summed E-state index contributed by atoms with van der Waals surface area (Å²) in [5, 5.41) is 23.8. The van der Waals surface area contributed by atoms with Gasteiger partial charge in [-0.3, -0.25) is 9.59 Å². The molecule has 2 heterocycles. The molecular weight excluding hydrogens is 578 g/mol. The normalized spacial score (nSPS) is 23.4. The number of aliphatic hydroxyl groups excluding tert-OH is 1. The summed E-state index contributed by atoms with van der Waals surface area (Å²) in [7, 11) is 5.85. The highest BCUT2D eigenvalue weighted by Gasteiger charge is 2.53. The minimum absolute atomic E-state index is 0.00722. The highest BCUT2D eigenvalue weighted by Crippen LogP contribution is 2.44. The van der Waals surface area contributed by atoms with Crippen molar-refractivity contribution in [3.8, 4) is 5.75 Å². The molecule has 0 aliphatic carbocycles. The number of cyclic esters (lactones) is 1. The van der Waals surface area contributed by atoms with Gasteiger partial charge in [-0.15, -0.1) is 0 Å². The number of alkyl carbamates (subject to hydrolysis) is 1. The Morgan fingerprint density at radius 3 is 2.58 bits per heavy atom. The van der Waals surface area contributed by atoms with Gasteiger partial charge in [-0.05, 0) is 64.8 Å². The molecule has 1 aromatic rings. The molecule has 3 rings (SSSR count). The van der Waals surface area contributed by atoms with Crippen molar-refractivity contribution in [2.45, 2.75) is 89.2 Å². The predicted octanol–water partition coefficient (Wildman–Crippen LogP) is 4.01. The Bertz CT molecular complexity index is 1110. The lowest BCUT2D eigenvalue weighted by molar-refractivity contribution is -0.138. The Labute approximate surface area is 260 Å². The van der Waals surface area contributed by atoms with Gasteiger partial charge in [-0.2, -0.15) is 0 Å². The SMILES string of the molecule is CNC(=O)CCC1(C)OC1CC1CC(C/C=C/C=C(\C)Cc2ccc(Cl)c(OC)c2)NC(=O)O1.CNC(C)C(=O)O.CO. The molecule has 12 heteroatoms. The van der Waals surface area contributed by atoms with E-state index < -0.39 is 12.0 Å². The smallest absolute Gasteiger partial charge is 0.407 e. The number of aliphatic carboxylic acids is 1. The van der Waals surface area contributed by atoms with Crippen LogP contribution in [-0.2, 0) is 25.5 Å². The molecule has 0 bridgehead atoms. The van der Waals surface area contributed by atoms with Crippen LogP contribution in [0.3, 0.4) is 0 Å². The second-order valence-corrected chi connectivity index (χ2v) is 11.0. The van der Waals surface area contributed by atoms with Gasteiger partial charge in [-0.25, -0.2) is 4.79 Å². The Kier molecular flexibility index (Phi) is 16.9. The number of aliphatic hydroxyl groups is 1. The van der Waals surface area contributed by atoms with Crippen molar-refractivity contribution in [2.24, 2.45) is 0 Å². The number of carbonyl (C=O) groups excluding carboxylic acids is 2. The van der Waals surface area contributed by atoms with Crippen LogP contribution in [0.25, 0.3) is 0 Å². The fraction of sp³-hybridized carbons (Fsp3) is 0.581. The summed E-state index contributed by atoms with van der Waals surface area (Å²) in [4.78, 5) is 33.4. The number of hydrogen-bond acceptors (Lipinski definition) is 8. The molecular formula is C31H48ClN3O8. The Morgan fingerprint density at radius 2 is 2.00 bits per heavy atom. The van der Waals surface area contributed by atoms with Crippen molar-refractivity contribution in [2.75, 3.05) is 28.3 Å². The van der Waals surface area contributed by atoms with E-state index in [-0.39, 0.29) is 35.9 Å². The number of carboxylic acid groups (broad SMARTS) is 1. The van der Waals surface area contributed by atoms with Crippen LogP contribution in [0.5, 0.6) is 5.75 Å². The van der Waals surface area contributed by atoms with Crippen LogP contribution in [-0.4, -0.2) is 86.4 Å². The van der Waals surface area contributed by atoms with E-state index in [4.69, 9.17) is 36.0 Å². The number of likely N-dealkylation sites (N-methyl/N-ethyl adjacent to an activating group) is 1. The quantitative estimate of drug-likeness (QED) is 0.161. The number of benzene rings is 1. The van der Waals surface area contributed by atoms with Gasteiger partial charge in [-0.1, -0.05) is 41.5 Å². The van der Waals surface area contributed by atoms with Crippen molar-refractivity contribution >= 4 is 29.6 Å². The molecule has 0 radical (unpaired) electrons. The maximum Gasteiger partial charge on any atom is 0.407 e. The molecule has 2 aliphatic rings. The largest absolute Gasteiger partial charge is 0.495 e. The third kappa shape index (κ3) is 13.8. The van der Waals surface area contributed by atoms with Gasteiger partial charge in [0.2, 0.25) is 5.91 Å².